The van der Waals surface area contributed by atoms with Crippen LogP contribution in [-0.4, -0.2) is 39.7 Å². The lowest BCUT2D eigenvalue weighted by Crippen LogP contribution is -2.41. The number of allylic oxidation sites excluding steroid dienone is 4. The van der Waals surface area contributed by atoms with Crippen LogP contribution in [0.1, 0.15) is 53.0 Å². The Hall–Kier alpha value is -2.83. The Morgan fingerprint density at radius 2 is 1.65 bits per heavy atom. The highest BCUT2D eigenvalue weighted by atomic mass is 16.6. The van der Waals surface area contributed by atoms with Crippen molar-refractivity contribution in [3.05, 3.63) is 78.9 Å². The number of aryl methyl sites for hydroxylation is 1. The number of aliphatic hydroxyl groups is 2. The van der Waals surface area contributed by atoms with Gasteiger partial charge in [0.2, 0.25) is 0 Å². The summed E-state index contributed by atoms with van der Waals surface area (Å²) in [5.74, 6) is -0.335. The molecule has 6 nitrogen and oxygen atoms in total. The number of aliphatic hydroxyl groups excluding tert-OH is 2. The molecule has 1 rings (SSSR count). The van der Waals surface area contributed by atoms with E-state index in [-0.39, 0.29) is 35.3 Å². The van der Waals surface area contributed by atoms with Gasteiger partial charge in [-0.3, -0.25) is 0 Å². The summed E-state index contributed by atoms with van der Waals surface area (Å²) in [4.78, 5) is 11.4. The molecule has 8 atom stereocenters. The van der Waals surface area contributed by atoms with Gasteiger partial charge in [-0.15, -0.1) is 0 Å². The monoisotopic (exact) mass is 513 g/mol. The molecule has 1 aromatic rings. The minimum atomic E-state index is -0.860. The van der Waals surface area contributed by atoms with Crippen molar-refractivity contribution in [2.24, 2.45) is 35.3 Å². The standard InChI is InChI=1S/C31H47NO5/c1-7-8-13-24(5)30(37-31(32)36)25(6)29(35)23(4)16-11-15-22(3)28(34)21(2)14-9-10-17-26-18-12-19-27(33)20-26/h7-9,11-15,18-25,28-30,33-35H,1,10,16-17H2,2-6H3,(H2,32,36)/t21-,22-,23-,24-,25-,28-,29+,30-/m0/s1. The smallest absolute Gasteiger partial charge is 0.404 e. The van der Waals surface area contributed by atoms with Gasteiger partial charge in [0.25, 0.3) is 0 Å². The number of phenolic OH excluding ortho intramolecular Hbond substituents is 1. The van der Waals surface area contributed by atoms with E-state index >= 15 is 0 Å². The first-order valence-electron chi connectivity index (χ1n) is 13.2. The summed E-state index contributed by atoms with van der Waals surface area (Å²) >= 11 is 0. The molecule has 6 heteroatoms. The zero-order chi connectivity index (χ0) is 28.0. The molecule has 0 unspecified atom stereocenters. The van der Waals surface area contributed by atoms with Crippen LogP contribution in [0.15, 0.2) is 73.4 Å². The van der Waals surface area contributed by atoms with E-state index in [4.69, 9.17) is 10.5 Å². The lowest BCUT2D eigenvalue weighted by atomic mass is 9.82. The predicted molar refractivity (Wildman–Crippen MR) is 151 cm³/mol. The molecular formula is C31H47NO5. The SMILES string of the molecule is C=CC=C[C@H](C)[C@H](OC(N)=O)[C@@H](C)[C@H](O)[C@@H](C)CC=C[C@H](C)[C@@H](O)[C@@H](C)C=CCCc1cccc(O)c1. The van der Waals surface area contributed by atoms with Gasteiger partial charge >= 0.3 is 6.09 Å². The maximum absolute atomic E-state index is 11.4. The van der Waals surface area contributed by atoms with E-state index in [1.54, 1.807) is 24.3 Å². The summed E-state index contributed by atoms with van der Waals surface area (Å²) in [6.07, 6.45) is 13.0. The molecule has 0 aliphatic heterocycles. The molecular weight excluding hydrogens is 466 g/mol. The average Bonchev–Trinajstić information content (AvgIpc) is 2.86. The topological polar surface area (TPSA) is 113 Å². The van der Waals surface area contributed by atoms with Gasteiger partial charge in [-0.2, -0.15) is 0 Å². The number of carbonyl (C=O) groups excluding carboxylic acids is 1. The molecule has 0 bridgehead atoms. The van der Waals surface area contributed by atoms with E-state index in [9.17, 15) is 20.1 Å². The first-order chi connectivity index (χ1) is 17.5. The fraction of sp³-hybridized carbons (Fsp3) is 0.516. The number of ether oxygens (including phenoxy) is 1. The van der Waals surface area contributed by atoms with Crippen molar-refractivity contribution in [2.75, 3.05) is 0 Å². The Bertz CT molecular complexity index is 909. The minimum absolute atomic E-state index is 0.0105. The summed E-state index contributed by atoms with van der Waals surface area (Å²) in [5, 5.41) is 31.2. The second-order valence-corrected chi connectivity index (χ2v) is 10.2. The fourth-order valence-corrected chi connectivity index (χ4v) is 4.53. The second-order valence-electron chi connectivity index (χ2n) is 10.2. The predicted octanol–water partition coefficient (Wildman–Crippen LogP) is 5.94. The molecule has 0 heterocycles. The molecule has 0 aliphatic carbocycles. The van der Waals surface area contributed by atoms with Crippen LogP contribution in [0.5, 0.6) is 5.75 Å². The van der Waals surface area contributed by atoms with Crippen molar-refractivity contribution in [1.29, 1.82) is 0 Å². The second kappa shape index (κ2) is 16.8. The first-order valence-corrected chi connectivity index (χ1v) is 13.2. The van der Waals surface area contributed by atoms with Crippen molar-refractivity contribution in [2.45, 2.75) is 72.2 Å². The average molecular weight is 514 g/mol. The van der Waals surface area contributed by atoms with Crippen LogP contribution >= 0.6 is 0 Å². The molecule has 0 fully saturated rings. The molecule has 0 radical (unpaired) electrons. The van der Waals surface area contributed by atoms with E-state index in [1.807, 2.05) is 71.1 Å². The van der Waals surface area contributed by atoms with Gasteiger partial charge in [0.05, 0.1) is 12.2 Å². The molecule has 1 aromatic carbocycles. The number of carbonyl (C=O) groups is 1. The summed E-state index contributed by atoms with van der Waals surface area (Å²) in [7, 11) is 0. The highest BCUT2D eigenvalue weighted by molar-refractivity contribution is 5.64. The highest BCUT2D eigenvalue weighted by Gasteiger charge is 2.33. The zero-order valence-electron chi connectivity index (χ0n) is 23.0. The van der Waals surface area contributed by atoms with Gasteiger partial charge in [-0.25, -0.2) is 4.79 Å². The minimum Gasteiger partial charge on any atom is -0.508 e. The number of primary amides is 1. The summed E-state index contributed by atoms with van der Waals surface area (Å²) in [6.45, 7) is 13.4. The normalized spacial score (nSPS) is 18.8. The first kappa shape index (κ1) is 32.2. The van der Waals surface area contributed by atoms with Crippen LogP contribution < -0.4 is 5.73 Å². The number of nitrogens with two attached hydrogens (primary N) is 1. The summed E-state index contributed by atoms with van der Waals surface area (Å²) < 4.78 is 5.34. The van der Waals surface area contributed by atoms with Gasteiger partial charge in [0, 0.05) is 23.7 Å². The number of amides is 1. The van der Waals surface area contributed by atoms with Crippen molar-refractivity contribution in [3.8, 4) is 5.75 Å². The molecule has 0 saturated heterocycles. The van der Waals surface area contributed by atoms with E-state index in [0.717, 1.165) is 18.4 Å². The van der Waals surface area contributed by atoms with E-state index in [1.165, 1.54) is 0 Å². The maximum atomic E-state index is 11.4. The van der Waals surface area contributed by atoms with E-state index < -0.39 is 24.4 Å². The third-order valence-electron chi connectivity index (χ3n) is 6.94. The number of hydrogen-bond donors (Lipinski definition) is 4. The van der Waals surface area contributed by atoms with E-state index in [2.05, 4.69) is 12.7 Å². The summed E-state index contributed by atoms with van der Waals surface area (Å²) in [5.41, 5.74) is 6.35. The van der Waals surface area contributed by atoms with Crippen LogP contribution in [0.4, 0.5) is 4.79 Å². The number of rotatable bonds is 16. The van der Waals surface area contributed by atoms with E-state index in [0.29, 0.717) is 6.42 Å². The van der Waals surface area contributed by atoms with Crippen LogP contribution in [-0.2, 0) is 11.2 Å². The van der Waals surface area contributed by atoms with Crippen molar-refractivity contribution >= 4 is 6.09 Å². The molecule has 0 aliphatic rings. The Morgan fingerprint density at radius 1 is 1.00 bits per heavy atom. The maximum Gasteiger partial charge on any atom is 0.404 e. The van der Waals surface area contributed by atoms with Gasteiger partial charge < -0.3 is 25.8 Å². The fourth-order valence-electron chi connectivity index (χ4n) is 4.53. The highest BCUT2D eigenvalue weighted by Crippen LogP contribution is 2.27. The molecule has 37 heavy (non-hydrogen) atoms. The van der Waals surface area contributed by atoms with Crippen molar-refractivity contribution in [3.63, 3.8) is 0 Å². The lowest BCUT2D eigenvalue weighted by Gasteiger charge is -2.33. The van der Waals surface area contributed by atoms with Crippen LogP contribution in [0.25, 0.3) is 0 Å². The molecule has 1 amide bonds. The number of benzene rings is 1. The van der Waals surface area contributed by atoms with Gasteiger partial charge in [0.15, 0.2) is 0 Å². The summed E-state index contributed by atoms with van der Waals surface area (Å²) in [6, 6.07) is 7.25. The third kappa shape index (κ3) is 11.8. The van der Waals surface area contributed by atoms with Crippen molar-refractivity contribution in [1.82, 2.24) is 0 Å². The van der Waals surface area contributed by atoms with Crippen LogP contribution in [0, 0.1) is 29.6 Å². The molecule has 206 valence electrons. The quantitative estimate of drug-likeness (QED) is 0.161. The van der Waals surface area contributed by atoms with Crippen molar-refractivity contribution < 1.29 is 24.9 Å². The largest absolute Gasteiger partial charge is 0.508 e. The number of phenols is 1. The molecule has 5 N–H and O–H groups in total. The lowest BCUT2D eigenvalue weighted by molar-refractivity contribution is -0.0261. The molecule has 0 spiro atoms. The zero-order valence-corrected chi connectivity index (χ0v) is 23.0. The Balaban J connectivity index is 2.60. The van der Waals surface area contributed by atoms with Gasteiger partial charge in [-0.05, 0) is 42.9 Å². The Morgan fingerprint density at radius 3 is 2.24 bits per heavy atom. The Kier molecular flexibility index (Phi) is 14.6. The molecule has 0 aromatic heterocycles. The number of hydrogen-bond acceptors (Lipinski definition) is 5. The molecule has 0 saturated carbocycles. The van der Waals surface area contributed by atoms with Gasteiger partial charge in [-0.1, -0.05) is 95.9 Å². The van der Waals surface area contributed by atoms with Crippen LogP contribution in [0.3, 0.4) is 0 Å². The number of aromatic hydroxyl groups is 1. The Labute approximate surface area is 223 Å². The van der Waals surface area contributed by atoms with Crippen LogP contribution in [0.2, 0.25) is 0 Å². The van der Waals surface area contributed by atoms with Gasteiger partial charge in [0.1, 0.15) is 11.9 Å². The third-order valence-corrected chi connectivity index (χ3v) is 6.94.